The van der Waals surface area contributed by atoms with Crippen LogP contribution in [0, 0.1) is 0 Å². The van der Waals surface area contributed by atoms with E-state index in [4.69, 9.17) is 5.73 Å². The SMILES string of the molecule is CC(N)c1nc(C(=O)NC2(C)CCC2)cs1. The molecular formula is C11H17N3OS. The number of hydrogen-bond donors (Lipinski definition) is 2. The van der Waals surface area contributed by atoms with E-state index in [0.29, 0.717) is 5.69 Å². The van der Waals surface area contributed by atoms with Gasteiger partial charge in [0.05, 0.1) is 6.04 Å². The molecule has 0 saturated heterocycles. The molecule has 1 fully saturated rings. The Morgan fingerprint density at radius 1 is 1.69 bits per heavy atom. The molecule has 4 nitrogen and oxygen atoms in total. The normalized spacial score (nSPS) is 19.9. The van der Waals surface area contributed by atoms with Crippen molar-refractivity contribution in [1.82, 2.24) is 10.3 Å². The minimum atomic E-state index is -0.106. The minimum Gasteiger partial charge on any atom is -0.346 e. The van der Waals surface area contributed by atoms with Gasteiger partial charge in [-0.2, -0.15) is 0 Å². The largest absolute Gasteiger partial charge is 0.346 e. The Morgan fingerprint density at radius 3 is 2.81 bits per heavy atom. The quantitative estimate of drug-likeness (QED) is 0.845. The van der Waals surface area contributed by atoms with E-state index >= 15 is 0 Å². The lowest BCUT2D eigenvalue weighted by Crippen LogP contribution is -2.51. The summed E-state index contributed by atoms with van der Waals surface area (Å²) in [5.41, 5.74) is 6.18. The van der Waals surface area contributed by atoms with Crippen molar-refractivity contribution >= 4 is 17.2 Å². The molecule has 0 spiro atoms. The summed E-state index contributed by atoms with van der Waals surface area (Å²) in [5, 5.41) is 5.61. The van der Waals surface area contributed by atoms with Crippen molar-refractivity contribution in [2.24, 2.45) is 5.73 Å². The second-order valence-corrected chi connectivity index (χ2v) is 5.62. The molecule has 1 unspecified atom stereocenters. The van der Waals surface area contributed by atoms with E-state index in [-0.39, 0.29) is 17.5 Å². The molecule has 16 heavy (non-hydrogen) atoms. The summed E-state index contributed by atoms with van der Waals surface area (Å²) in [6.45, 7) is 3.95. The molecule has 2 rings (SSSR count). The van der Waals surface area contributed by atoms with Crippen molar-refractivity contribution in [3.63, 3.8) is 0 Å². The van der Waals surface area contributed by atoms with E-state index in [1.165, 1.54) is 17.8 Å². The summed E-state index contributed by atoms with van der Waals surface area (Å²) in [6, 6.07) is -0.106. The smallest absolute Gasteiger partial charge is 0.271 e. The molecule has 1 atom stereocenters. The first-order valence-electron chi connectivity index (χ1n) is 5.54. The van der Waals surface area contributed by atoms with Gasteiger partial charge < -0.3 is 11.1 Å². The second-order valence-electron chi connectivity index (χ2n) is 4.73. The van der Waals surface area contributed by atoms with Gasteiger partial charge in [0, 0.05) is 10.9 Å². The van der Waals surface area contributed by atoms with E-state index in [2.05, 4.69) is 17.2 Å². The van der Waals surface area contributed by atoms with Crippen molar-refractivity contribution < 1.29 is 4.79 Å². The van der Waals surface area contributed by atoms with Gasteiger partial charge in [-0.15, -0.1) is 11.3 Å². The van der Waals surface area contributed by atoms with Crippen LogP contribution in [-0.4, -0.2) is 16.4 Å². The molecular weight excluding hydrogens is 222 g/mol. The van der Waals surface area contributed by atoms with Gasteiger partial charge in [0.1, 0.15) is 10.7 Å². The fourth-order valence-corrected chi connectivity index (χ4v) is 2.53. The zero-order valence-electron chi connectivity index (χ0n) is 9.62. The highest BCUT2D eigenvalue weighted by molar-refractivity contribution is 7.09. The number of amides is 1. The Kier molecular flexibility index (Phi) is 2.99. The van der Waals surface area contributed by atoms with Crippen molar-refractivity contribution in [3.8, 4) is 0 Å². The lowest BCUT2D eigenvalue weighted by atomic mass is 9.78. The maximum atomic E-state index is 11.9. The van der Waals surface area contributed by atoms with Gasteiger partial charge in [0.2, 0.25) is 0 Å². The number of nitrogens with zero attached hydrogens (tertiary/aromatic N) is 1. The van der Waals surface area contributed by atoms with Crippen LogP contribution in [0.1, 0.15) is 54.6 Å². The Labute approximate surface area is 99.3 Å². The van der Waals surface area contributed by atoms with Gasteiger partial charge in [-0.1, -0.05) is 0 Å². The predicted molar refractivity (Wildman–Crippen MR) is 64.4 cm³/mol. The minimum absolute atomic E-state index is 0.0187. The highest BCUT2D eigenvalue weighted by Gasteiger charge is 2.33. The van der Waals surface area contributed by atoms with Crippen molar-refractivity contribution in [1.29, 1.82) is 0 Å². The van der Waals surface area contributed by atoms with Gasteiger partial charge in [0.15, 0.2) is 0 Å². The van der Waals surface area contributed by atoms with Crippen molar-refractivity contribution in [2.75, 3.05) is 0 Å². The molecule has 1 heterocycles. The Bertz CT molecular complexity index is 396. The summed E-state index contributed by atoms with van der Waals surface area (Å²) in [4.78, 5) is 16.1. The maximum absolute atomic E-state index is 11.9. The van der Waals surface area contributed by atoms with Crippen LogP contribution in [0.2, 0.25) is 0 Å². The third-order valence-electron chi connectivity index (χ3n) is 3.02. The van der Waals surface area contributed by atoms with Gasteiger partial charge in [-0.25, -0.2) is 4.98 Å². The number of nitrogens with one attached hydrogen (secondary N) is 1. The molecule has 1 aromatic rings. The number of thiazole rings is 1. The Balaban J connectivity index is 2.03. The number of aromatic nitrogens is 1. The molecule has 1 aromatic heterocycles. The van der Waals surface area contributed by atoms with Crippen molar-refractivity contribution in [3.05, 3.63) is 16.1 Å². The first-order chi connectivity index (χ1) is 7.50. The lowest BCUT2D eigenvalue weighted by molar-refractivity contribution is 0.0845. The van der Waals surface area contributed by atoms with Crippen LogP contribution in [0.15, 0.2) is 5.38 Å². The molecule has 3 N–H and O–H groups in total. The summed E-state index contributed by atoms with van der Waals surface area (Å²) in [6.07, 6.45) is 3.31. The van der Waals surface area contributed by atoms with Crippen LogP contribution >= 0.6 is 11.3 Å². The van der Waals surface area contributed by atoms with Crippen LogP contribution in [0.25, 0.3) is 0 Å². The highest BCUT2D eigenvalue weighted by Crippen LogP contribution is 2.31. The Morgan fingerprint density at radius 2 is 2.38 bits per heavy atom. The summed E-state index contributed by atoms with van der Waals surface area (Å²) in [5.74, 6) is -0.0784. The van der Waals surface area contributed by atoms with Crippen LogP contribution in [0.3, 0.4) is 0 Å². The zero-order chi connectivity index (χ0) is 11.8. The highest BCUT2D eigenvalue weighted by atomic mass is 32.1. The van der Waals surface area contributed by atoms with E-state index in [1.807, 2.05) is 6.92 Å². The molecule has 5 heteroatoms. The molecule has 1 aliphatic rings. The third kappa shape index (κ3) is 2.25. The number of rotatable bonds is 3. The molecule has 0 bridgehead atoms. The molecule has 0 aromatic carbocycles. The monoisotopic (exact) mass is 239 g/mol. The zero-order valence-corrected chi connectivity index (χ0v) is 10.4. The lowest BCUT2D eigenvalue weighted by Gasteiger charge is -2.38. The van der Waals surface area contributed by atoms with Crippen LogP contribution in [0.5, 0.6) is 0 Å². The van der Waals surface area contributed by atoms with Crippen molar-refractivity contribution in [2.45, 2.75) is 44.7 Å². The van der Waals surface area contributed by atoms with Gasteiger partial charge in [-0.05, 0) is 33.1 Å². The number of nitrogens with two attached hydrogens (primary N) is 1. The van der Waals surface area contributed by atoms with Gasteiger partial charge in [0.25, 0.3) is 5.91 Å². The predicted octanol–water partition coefficient (Wildman–Crippen LogP) is 1.84. The van der Waals surface area contributed by atoms with E-state index in [9.17, 15) is 4.79 Å². The maximum Gasteiger partial charge on any atom is 0.271 e. The number of hydrogen-bond acceptors (Lipinski definition) is 4. The van der Waals surface area contributed by atoms with Crippen LogP contribution in [0.4, 0.5) is 0 Å². The van der Waals surface area contributed by atoms with Crippen LogP contribution < -0.4 is 11.1 Å². The third-order valence-corrected chi connectivity index (χ3v) is 4.06. The summed E-state index contributed by atoms with van der Waals surface area (Å²) < 4.78 is 0. The summed E-state index contributed by atoms with van der Waals surface area (Å²) >= 11 is 1.44. The fraction of sp³-hybridized carbons (Fsp3) is 0.636. The van der Waals surface area contributed by atoms with E-state index in [1.54, 1.807) is 5.38 Å². The number of carbonyl (C=O) groups excluding carboxylic acids is 1. The molecule has 1 saturated carbocycles. The van der Waals surface area contributed by atoms with E-state index < -0.39 is 0 Å². The first-order valence-corrected chi connectivity index (χ1v) is 6.42. The molecule has 1 amide bonds. The first kappa shape index (κ1) is 11.5. The van der Waals surface area contributed by atoms with E-state index in [0.717, 1.165) is 17.8 Å². The van der Waals surface area contributed by atoms with Gasteiger partial charge in [-0.3, -0.25) is 4.79 Å². The summed E-state index contributed by atoms with van der Waals surface area (Å²) in [7, 11) is 0. The standard InChI is InChI=1S/C11H17N3OS/c1-7(12)10-13-8(6-16-10)9(15)14-11(2)4-3-5-11/h6-7H,3-5,12H2,1-2H3,(H,14,15). The topological polar surface area (TPSA) is 68.0 Å². The molecule has 0 radical (unpaired) electrons. The second kappa shape index (κ2) is 4.14. The molecule has 0 aliphatic heterocycles. The van der Waals surface area contributed by atoms with Gasteiger partial charge >= 0.3 is 0 Å². The average Bonchev–Trinajstić information content (AvgIpc) is 2.64. The number of carbonyl (C=O) groups is 1. The Hall–Kier alpha value is -0.940. The fourth-order valence-electron chi connectivity index (χ4n) is 1.77. The average molecular weight is 239 g/mol. The molecule has 1 aliphatic carbocycles. The van der Waals surface area contributed by atoms with Crippen LogP contribution in [-0.2, 0) is 0 Å². The molecule has 88 valence electrons.